The third-order valence-electron chi connectivity index (χ3n) is 3.29. The molecule has 2 N–H and O–H groups in total. The van der Waals surface area contributed by atoms with Gasteiger partial charge in [-0.1, -0.05) is 6.07 Å². The van der Waals surface area contributed by atoms with Crippen molar-refractivity contribution in [3.05, 3.63) is 46.7 Å². The molecule has 0 spiro atoms. The molecule has 7 heteroatoms. The van der Waals surface area contributed by atoms with Gasteiger partial charge in [-0.2, -0.15) is 0 Å². The summed E-state index contributed by atoms with van der Waals surface area (Å²) in [6.07, 6.45) is 2.32. The number of hydrogen-bond donors (Lipinski definition) is 2. The molecule has 1 aromatic carbocycles. The Bertz CT molecular complexity index is 712. The number of aromatic nitrogens is 1. The molecule has 0 radical (unpaired) electrons. The topological polar surface area (TPSA) is 71.1 Å². The Morgan fingerprint density at radius 3 is 2.86 bits per heavy atom. The number of carbonyl (C=O) groups excluding carboxylic acids is 2. The Balaban J connectivity index is 1.60. The molecule has 2 amide bonds. The number of nitrogens with one attached hydrogen (secondary N) is 2. The average Bonchev–Trinajstić information content (AvgIpc) is 3.22. The third-order valence-corrected chi connectivity index (χ3v) is 4.05. The van der Waals surface area contributed by atoms with Crippen LogP contribution in [0, 0.1) is 11.7 Å². The normalized spacial score (nSPS) is 13.7. The number of amides is 2. The first-order valence-corrected chi connectivity index (χ1v) is 7.80. The van der Waals surface area contributed by atoms with Gasteiger partial charge in [-0.3, -0.25) is 14.9 Å². The van der Waals surface area contributed by atoms with Gasteiger partial charge in [0, 0.05) is 17.5 Å². The van der Waals surface area contributed by atoms with Crippen LogP contribution in [-0.2, 0) is 0 Å². The zero-order valence-electron chi connectivity index (χ0n) is 11.6. The van der Waals surface area contributed by atoms with Crippen LogP contribution in [0.1, 0.15) is 33.7 Å². The number of anilines is 1. The molecular formula is C15H14FN3O2S. The molecule has 22 heavy (non-hydrogen) atoms. The maximum atomic E-state index is 13.1. The van der Waals surface area contributed by atoms with Crippen LogP contribution in [-0.4, -0.2) is 23.3 Å². The van der Waals surface area contributed by atoms with E-state index >= 15 is 0 Å². The summed E-state index contributed by atoms with van der Waals surface area (Å²) in [5, 5.41) is 7.27. The van der Waals surface area contributed by atoms with Crippen molar-refractivity contribution in [1.82, 2.24) is 10.3 Å². The van der Waals surface area contributed by atoms with Crippen molar-refractivity contribution in [3.63, 3.8) is 0 Å². The van der Waals surface area contributed by atoms with E-state index in [1.165, 1.54) is 18.2 Å². The smallest absolute Gasteiger partial charge is 0.270 e. The molecule has 114 valence electrons. The lowest BCUT2D eigenvalue weighted by Gasteiger charge is -2.02. The monoisotopic (exact) mass is 319 g/mol. The van der Waals surface area contributed by atoms with Crippen molar-refractivity contribution in [2.24, 2.45) is 5.92 Å². The molecule has 1 saturated carbocycles. The summed E-state index contributed by atoms with van der Waals surface area (Å²) < 4.78 is 13.1. The summed E-state index contributed by atoms with van der Waals surface area (Å²) in [5.41, 5.74) is 0.482. The standard InChI is InChI=1S/C15H14FN3O2S/c16-11-3-1-2-10(6-11)13(20)19-15-18-12(8-22-15)14(21)17-7-9-4-5-9/h1-3,6,8-9H,4-5,7H2,(H,17,21)(H,18,19,20). The minimum Gasteiger partial charge on any atom is -0.350 e. The van der Waals surface area contributed by atoms with Crippen LogP contribution in [0.15, 0.2) is 29.6 Å². The molecule has 0 atom stereocenters. The molecule has 1 aliphatic carbocycles. The predicted molar refractivity (Wildman–Crippen MR) is 81.5 cm³/mol. The van der Waals surface area contributed by atoms with Gasteiger partial charge in [0.05, 0.1) is 0 Å². The number of rotatable bonds is 5. The van der Waals surface area contributed by atoms with E-state index in [1.807, 2.05) is 0 Å². The van der Waals surface area contributed by atoms with Gasteiger partial charge >= 0.3 is 0 Å². The Morgan fingerprint density at radius 2 is 2.14 bits per heavy atom. The van der Waals surface area contributed by atoms with E-state index in [0.717, 1.165) is 30.2 Å². The van der Waals surface area contributed by atoms with E-state index in [2.05, 4.69) is 15.6 Å². The zero-order valence-corrected chi connectivity index (χ0v) is 12.5. The van der Waals surface area contributed by atoms with E-state index in [1.54, 1.807) is 5.38 Å². The van der Waals surface area contributed by atoms with E-state index in [4.69, 9.17) is 0 Å². The first-order valence-electron chi connectivity index (χ1n) is 6.92. The molecule has 2 aromatic rings. The van der Waals surface area contributed by atoms with Gasteiger partial charge in [-0.25, -0.2) is 9.37 Å². The number of halogens is 1. The van der Waals surface area contributed by atoms with Gasteiger partial charge < -0.3 is 5.32 Å². The summed E-state index contributed by atoms with van der Waals surface area (Å²) in [7, 11) is 0. The second-order valence-corrected chi connectivity index (χ2v) is 6.01. The number of hydrogen-bond acceptors (Lipinski definition) is 4. The van der Waals surface area contributed by atoms with Crippen LogP contribution in [0.3, 0.4) is 0 Å². The van der Waals surface area contributed by atoms with Gasteiger partial charge in [-0.15, -0.1) is 11.3 Å². The van der Waals surface area contributed by atoms with E-state index in [-0.39, 0.29) is 17.2 Å². The largest absolute Gasteiger partial charge is 0.350 e. The van der Waals surface area contributed by atoms with Crippen LogP contribution in [0.2, 0.25) is 0 Å². The van der Waals surface area contributed by atoms with Crippen molar-refractivity contribution in [1.29, 1.82) is 0 Å². The SMILES string of the molecule is O=C(Nc1nc(C(=O)NCC2CC2)cs1)c1cccc(F)c1. The quantitative estimate of drug-likeness (QED) is 0.890. The summed E-state index contributed by atoms with van der Waals surface area (Å²) in [4.78, 5) is 27.9. The van der Waals surface area contributed by atoms with Crippen molar-refractivity contribution < 1.29 is 14.0 Å². The van der Waals surface area contributed by atoms with Crippen LogP contribution < -0.4 is 10.6 Å². The number of benzene rings is 1. The van der Waals surface area contributed by atoms with Gasteiger partial charge in [-0.05, 0) is 37.0 Å². The summed E-state index contributed by atoms with van der Waals surface area (Å²) in [6.45, 7) is 0.668. The number of nitrogens with zero attached hydrogens (tertiary/aromatic N) is 1. The van der Waals surface area contributed by atoms with Gasteiger partial charge in [0.2, 0.25) is 0 Å². The Kier molecular flexibility index (Phi) is 4.15. The lowest BCUT2D eigenvalue weighted by atomic mass is 10.2. The molecule has 1 fully saturated rings. The zero-order chi connectivity index (χ0) is 15.5. The van der Waals surface area contributed by atoms with E-state index in [0.29, 0.717) is 17.6 Å². The number of thiazole rings is 1. The van der Waals surface area contributed by atoms with Crippen LogP contribution in [0.25, 0.3) is 0 Å². The minimum atomic E-state index is -0.480. The molecule has 0 unspecified atom stereocenters. The molecule has 0 aliphatic heterocycles. The Hall–Kier alpha value is -2.28. The summed E-state index contributed by atoms with van der Waals surface area (Å²) in [5.74, 6) is -0.588. The Labute approximate surface area is 130 Å². The highest BCUT2D eigenvalue weighted by atomic mass is 32.1. The van der Waals surface area contributed by atoms with Gasteiger partial charge in [0.15, 0.2) is 5.13 Å². The highest BCUT2D eigenvalue weighted by Crippen LogP contribution is 2.27. The fraction of sp³-hybridized carbons (Fsp3) is 0.267. The Morgan fingerprint density at radius 1 is 1.32 bits per heavy atom. The molecule has 3 rings (SSSR count). The molecule has 5 nitrogen and oxygen atoms in total. The fourth-order valence-electron chi connectivity index (χ4n) is 1.88. The second-order valence-electron chi connectivity index (χ2n) is 5.16. The van der Waals surface area contributed by atoms with Crippen LogP contribution in [0.5, 0.6) is 0 Å². The average molecular weight is 319 g/mol. The molecule has 1 aromatic heterocycles. The third kappa shape index (κ3) is 3.67. The number of carbonyl (C=O) groups is 2. The highest BCUT2D eigenvalue weighted by Gasteiger charge is 2.22. The lowest BCUT2D eigenvalue weighted by Crippen LogP contribution is -2.25. The van der Waals surface area contributed by atoms with Crippen molar-refractivity contribution in [3.8, 4) is 0 Å². The summed E-state index contributed by atoms with van der Waals surface area (Å²) in [6, 6.07) is 5.38. The highest BCUT2D eigenvalue weighted by molar-refractivity contribution is 7.14. The maximum absolute atomic E-state index is 13.1. The van der Waals surface area contributed by atoms with E-state index in [9.17, 15) is 14.0 Å². The molecule has 0 saturated heterocycles. The van der Waals surface area contributed by atoms with Crippen molar-refractivity contribution >= 4 is 28.3 Å². The maximum Gasteiger partial charge on any atom is 0.270 e. The summed E-state index contributed by atoms with van der Waals surface area (Å²) >= 11 is 1.16. The van der Waals surface area contributed by atoms with Gasteiger partial charge in [0.1, 0.15) is 11.5 Å². The predicted octanol–water partition coefficient (Wildman–Crippen LogP) is 2.67. The fourth-order valence-corrected chi connectivity index (χ4v) is 2.57. The molecule has 1 aliphatic rings. The van der Waals surface area contributed by atoms with E-state index < -0.39 is 11.7 Å². The molecule has 1 heterocycles. The van der Waals surface area contributed by atoms with Crippen LogP contribution >= 0.6 is 11.3 Å². The minimum absolute atomic E-state index is 0.204. The first-order chi connectivity index (χ1) is 10.6. The van der Waals surface area contributed by atoms with Crippen molar-refractivity contribution in [2.45, 2.75) is 12.8 Å². The lowest BCUT2D eigenvalue weighted by molar-refractivity contribution is 0.0946. The van der Waals surface area contributed by atoms with Gasteiger partial charge in [0.25, 0.3) is 11.8 Å². The first kappa shape index (κ1) is 14.6. The second kappa shape index (κ2) is 6.23. The van der Waals surface area contributed by atoms with Crippen LogP contribution in [0.4, 0.5) is 9.52 Å². The van der Waals surface area contributed by atoms with Crippen molar-refractivity contribution in [2.75, 3.05) is 11.9 Å². The molecule has 0 bridgehead atoms. The molecular weight excluding hydrogens is 305 g/mol.